The van der Waals surface area contributed by atoms with Crippen LogP contribution in [0.15, 0.2) is 48.5 Å². The monoisotopic (exact) mass is 475 g/mol. The molecule has 1 heterocycles. The van der Waals surface area contributed by atoms with Crippen LogP contribution >= 0.6 is 0 Å². The van der Waals surface area contributed by atoms with Crippen molar-refractivity contribution in [1.82, 2.24) is 9.88 Å². The van der Waals surface area contributed by atoms with Crippen molar-refractivity contribution < 1.29 is 4.79 Å². The topological polar surface area (TPSA) is 110 Å². The predicted octanol–water partition coefficient (Wildman–Crippen LogP) is 4.73. The minimum Gasteiger partial charge on any atom is -0.384 e. The molecule has 6 nitrogen and oxygen atoms in total. The van der Waals surface area contributed by atoms with Gasteiger partial charge in [-0.2, -0.15) is 0 Å². The highest BCUT2D eigenvalue weighted by Gasteiger charge is 2.26. The first-order valence-electron chi connectivity index (χ1n) is 12.8. The van der Waals surface area contributed by atoms with Gasteiger partial charge in [-0.15, -0.1) is 0 Å². The van der Waals surface area contributed by atoms with Gasteiger partial charge in [-0.25, -0.2) is 0 Å². The second-order valence-electron chi connectivity index (χ2n) is 9.93. The zero-order valence-corrected chi connectivity index (χ0v) is 21.3. The van der Waals surface area contributed by atoms with E-state index in [1.54, 1.807) is 11.1 Å². The SMILES string of the molecule is Cc1cc2ccc(C(=N)N)cc2n1C.NC1(CNC=O)CCCCC1.c1ccc2c(c1)CCCC2. The molecule has 1 amide bonds. The number of nitrogens with two attached hydrogens (primary N) is 2. The van der Waals surface area contributed by atoms with E-state index in [0.717, 1.165) is 30.3 Å². The number of rotatable bonds is 4. The number of benzene rings is 2. The first-order valence-corrected chi connectivity index (χ1v) is 12.8. The van der Waals surface area contributed by atoms with Crippen LogP contribution in [0.4, 0.5) is 0 Å². The lowest BCUT2D eigenvalue weighted by atomic mass is 9.82. The molecular formula is C29H41N5O. The first-order chi connectivity index (χ1) is 16.8. The Morgan fingerprint density at radius 1 is 1.03 bits per heavy atom. The zero-order chi connectivity index (χ0) is 25.3. The lowest BCUT2D eigenvalue weighted by Gasteiger charge is -2.32. The Kier molecular flexibility index (Phi) is 9.49. The summed E-state index contributed by atoms with van der Waals surface area (Å²) in [5.74, 6) is 0.116. The van der Waals surface area contributed by atoms with Crippen LogP contribution in [-0.2, 0) is 24.7 Å². The molecule has 2 aromatic carbocycles. The molecule has 0 bridgehead atoms. The summed E-state index contributed by atoms with van der Waals surface area (Å²) in [7, 11) is 2.02. The van der Waals surface area contributed by atoms with Crippen LogP contribution in [0, 0.1) is 12.3 Å². The Bertz CT molecular complexity index is 1100. The zero-order valence-electron chi connectivity index (χ0n) is 21.3. The molecule has 5 rings (SSSR count). The number of carbonyl (C=O) groups is 1. The second kappa shape index (κ2) is 12.5. The predicted molar refractivity (Wildman–Crippen MR) is 146 cm³/mol. The molecule has 2 aliphatic carbocycles. The fourth-order valence-corrected chi connectivity index (χ4v) is 4.99. The van der Waals surface area contributed by atoms with Crippen LogP contribution in [-0.4, -0.2) is 28.9 Å². The molecule has 0 radical (unpaired) electrons. The van der Waals surface area contributed by atoms with E-state index in [4.69, 9.17) is 16.9 Å². The fourth-order valence-electron chi connectivity index (χ4n) is 4.99. The lowest BCUT2D eigenvalue weighted by Crippen LogP contribution is -2.49. The van der Waals surface area contributed by atoms with Gasteiger partial charge < -0.3 is 21.4 Å². The van der Waals surface area contributed by atoms with Crippen LogP contribution in [0.2, 0.25) is 0 Å². The highest BCUT2D eigenvalue weighted by Crippen LogP contribution is 2.25. The van der Waals surface area contributed by atoms with Crippen LogP contribution < -0.4 is 16.8 Å². The molecule has 1 fully saturated rings. The van der Waals surface area contributed by atoms with Gasteiger partial charge in [0.05, 0.1) is 0 Å². The molecule has 0 atom stereocenters. The molecule has 2 aliphatic rings. The van der Waals surface area contributed by atoms with E-state index in [9.17, 15) is 4.79 Å². The molecule has 0 saturated heterocycles. The van der Waals surface area contributed by atoms with Crippen LogP contribution in [0.5, 0.6) is 0 Å². The molecular weight excluding hydrogens is 434 g/mol. The Balaban J connectivity index is 0.000000149. The van der Waals surface area contributed by atoms with Crippen molar-refractivity contribution in [3.8, 4) is 0 Å². The summed E-state index contributed by atoms with van der Waals surface area (Å²) in [6.07, 6.45) is 11.9. The van der Waals surface area contributed by atoms with Crippen LogP contribution in [0.3, 0.4) is 0 Å². The van der Waals surface area contributed by atoms with Gasteiger partial charge in [-0.3, -0.25) is 10.2 Å². The molecule has 1 saturated carbocycles. The van der Waals surface area contributed by atoms with E-state index in [0.29, 0.717) is 6.54 Å². The van der Waals surface area contributed by atoms with Gasteiger partial charge in [0.2, 0.25) is 6.41 Å². The summed E-state index contributed by atoms with van der Waals surface area (Å²) >= 11 is 0. The van der Waals surface area contributed by atoms with Crippen molar-refractivity contribution in [3.05, 3.63) is 70.9 Å². The van der Waals surface area contributed by atoms with Crippen molar-refractivity contribution in [2.45, 2.75) is 70.3 Å². The highest BCUT2D eigenvalue weighted by molar-refractivity contribution is 5.98. The van der Waals surface area contributed by atoms with E-state index in [1.807, 2.05) is 25.2 Å². The number of hydrogen-bond acceptors (Lipinski definition) is 3. The van der Waals surface area contributed by atoms with Crippen LogP contribution in [0.1, 0.15) is 67.3 Å². The standard InChI is InChI=1S/C11H13N3.C10H12.C8H16N2O/c1-7-5-8-3-4-9(11(12)13)6-10(8)14(7)2;1-2-6-10-8-4-3-7-9(10)5-1;9-8(6-10-7-11)4-2-1-3-5-8/h3-6H,1-2H3,(H3,12,13);1-2,5-6H,3-4,7-8H2;7H,1-6,9H2,(H,10,11). The average molecular weight is 476 g/mol. The van der Waals surface area contributed by atoms with Gasteiger partial charge in [-0.05, 0) is 74.1 Å². The van der Waals surface area contributed by atoms with E-state index < -0.39 is 0 Å². The number of aromatic nitrogens is 1. The summed E-state index contributed by atoms with van der Waals surface area (Å²) in [5, 5.41) is 11.2. The third kappa shape index (κ3) is 7.43. The first kappa shape index (κ1) is 26.5. The molecule has 0 unspecified atom stereocenters. The summed E-state index contributed by atoms with van der Waals surface area (Å²) in [4.78, 5) is 10.0. The summed E-state index contributed by atoms with van der Waals surface area (Å²) in [6, 6.07) is 16.8. The van der Waals surface area contributed by atoms with Gasteiger partial charge in [0.1, 0.15) is 5.84 Å². The van der Waals surface area contributed by atoms with Crippen LogP contribution in [0.25, 0.3) is 10.9 Å². The Morgan fingerprint density at radius 2 is 1.66 bits per heavy atom. The molecule has 35 heavy (non-hydrogen) atoms. The fraction of sp³-hybridized carbons (Fsp3) is 0.448. The highest BCUT2D eigenvalue weighted by atomic mass is 16.1. The van der Waals surface area contributed by atoms with Crippen molar-refractivity contribution >= 4 is 23.1 Å². The van der Waals surface area contributed by atoms with Crippen molar-refractivity contribution in [2.24, 2.45) is 18.5 Å². The number of fused-ring (bicyclic) bond motifs is 2. The number of amides is 1. The smallest absolute Gasteiger partial charge is 0.207 e. The van der Waals surface area contributed by atoms with Crippen molar-refractivity contribution in [2.75, 3.05) is 6.54 Å². The quantitative estimate of drug-likeness (QED) is 0.249. The Labute approximate surface area is 209 Å². The maximum Gasteiger partial charge on any atom is 0.207 e. The number of amidine groups is 1. The molecule has 188 valence electrons. The van der Waals surface area contributed by atoms with Gasteiger partial charge in [-0.1, -0.05) is 55.7 Å². The summed E-state index contributed by atoms with van der Waals surface area (Å²) in [5.41, 5.74) is 17.6. The van der Waals surface area contributed by atoms with Gasteiger partial charge in [0, 0.05) is 35.9 Å². The lowest BCUT2D eigenvalue weighted by molar-refractivity contribution is -0.109. The molecule has 6 heteroatoms. The third-order valence-corrected chi connectivity index (χ3v) is 7.24. The largest absolute Gasteiger partial charge is 0.384 e. The maximum absolute atomic E-state index is 10.0. The normalized spacial score (nSPS) is 16.1. The Hall–Kier alpha value is -3.12. The number of nitrogens with zero attached hydrogens (tertiary/aromatic N) is 1. The number of nitrogen functional groups attached to an aromatic ring is 1. The van der Waals surface area contributed by atoms with E-state index in [1.165, 1.54) is 56.0 Å². The summed E-state index contributed by atoms with van der Waals surface area (Å²) < 4.78 is 2.10. The number of carbonyl (C=O) groups excluding carboxylic acids is 1. The molecule has 6 N–H and O–H groups in total. The third-order valence-electron chi connectivity index (χ3n) is 7.24. The molecule has 0 aliphatic heterocycles. The summed E-state index contributed by atoms with van der Waals surface area (Å²) in [6.45, 7) is 2.70. The molecule has 3 aromatic rings. The minimum absolute atomic E-state index is 0.112. The van der Waals surface area contributed by atoms with Gasteiger partial charge in [0.15, 0.2) is 0 Å². The van der Waals surface area contributed by atoms with E-state index in [2.05, 4.69) is 47.1 Å². The molecule has 1 aromatic heterocycles. The second-order valence-corrected chi connectivity index (χ2v) is 9.93. The van der Waals surface area contributed by atoms with Gasteiger partial charge in [0.25, 0.3) is 0 Å². The maximum atomic E-state index is 10.0. The number of aryl methyl sites for hydroxylation is 4. The van der Waals surface area contributed by atoms with E-state index >= 15 is 0 Å². The van der Waals surface area contributed by atoms with Gasteiger partial charge >= 0.3 is 0 Å². The number of hydrogen-bond donors (Lipinski definition) is 4. The van der Waals surface area contributed by atoms with Crippen molar-refractivity contribution in [3.63, 3.8) is 0 Å². The van der Waals surface area contributed by atoms with E-state index in [-0.39, 0.29) is 11.4 Å². The average Bonchev–Trinajstić information content (AvgIpc) is 3.17. The molecule has 0 spiro atoms. The minimum atomic E-state index is -0.112. The number of nitrogens with one attached hydrogen (secondary N) is 2. The Morgan fingerprint density at radius 3 is 2.23 bits per heavy atom. The van der Waals surface area contributed by atoms with Crippen molar-refractivity contribution in [1.29, 1.82) is 5.41 Å².